The number of ketones is 1. The maximum atomic E-state index is 13.8. The first-order chi connectivity index (χ1) is 17.3. The van der Waals surface area contributed by atoms with Gasteiger partial charge in [-0.05, 0) is 56.2 Å². The number of halogens is 1. The number of benzene rings is 2. The number of hydrogen-bond donors (Lipinski definition) is 1. The van der Waals surface area contributed by atoms with E-state index in [1.54, 1.807) is 37.3 Å². The van der Waals surface area contributed by atoms with E-state index >= 15 is 0 Å². The molecule has 2 aromatic carbocycles. The Morgan fingerprint density at radius 1 is 1.17 bits per heavy atom. The number of anilines is 1. The van der Waals surface area contributed by atoms with Crippen molar-refractivity contribution in [2.45, 2.75) is 33.2 Å². The number of rotatable bonds is 7. The number of ether oxygens (including phenoxy) is 1. The first kappa shape index (κ1) is 24.4. The summed E-state index contributed by atoms with van der Waals surface area (Å²) in [4.78, 5) is 38.0. The van der Waals surface area contributed by atoms with Crippen molar-refractivity contribution in [1.29, 1.82) is 0 Å². The van der Waals surface area contributed by atoms with E-state index in [1.807, 2.05) is 26.0 Å². The van der Waals surface area contributed by atoms with Crippen LogP contribution in [0, 0.1) is 13.8 Å². The zero-order chi connectivity index (χ0) is 25.6. The summed E-state index contributed by atoms with van der Waals surface area (Å²) in [6.07, 6.45) is 0.834. The third-order valence-electron chi connectivity index (χ3n) is 5.75. The van der Waals surface area contributed by atoms with Gasteiger partial charge in [0.15, 0.2) is 10.9 Å². The predicted molar refractivity (Wildman–Crippen MR) is 143 cm³/mol. The second-order valence-corrected chi connectivity index (χ2v) is 11.0. The summed E-state index contributed by atoms with van der Waals surface area (Å²) >= 11 is 8.66. The third-order valence-corrected chi connectivity index (χ3v) is 8.08. The quantitative estimate of drug-likeness (QED) is 0.266. The van der Waals surface area contributed by atoms with Crippen LogP contribution in [0.25, 0.3) is 10.2 Å². The molecule has 3 heterocycles. The summed E-state index contributed by atoms with van der Waals surface area (Å²) in [6, 6.07) is 11.6. The van der Waals surface area contributed by atoms with Crippen molar-refractivity contribution < 1.29 is 19.4 Å². The van der Waals surface area contributed by atoms with Gasteiger partial charge >= 0.3 is 0 Å². The maximum absolute atomic E-state index is 13.8. The Labute approximate surface area is 220 Å². The van der Waals surface area contributed by atoms with Crippen LogP contribution in [0.15, 0.2) is 53.8 Å². The van der Waals surface area contributed by atoms with Gasteiger partial charge in [-0.25, -0.2) is 9.97 Å². The molecule has 36 heavy (non-hydrogen) atoms. The Hall–Kier alpha value is -3.27. The molecule has 2 aromatic heterocycles. The smallest absolute Gasteiger partial charge is 0.296 e. The van der Waals surface area contributed by atoms with Crippen LogP contribution in [0.2, 0.25) is 5.02 Å². The molecular weight excluding hydrogens is 518 g/mol. The highest BCUT2D eigenvalue weighted by atomic mass is 35.5. The minimum absolute atomic E-state index is 0.00307. The van der Waals surface area contributed by atoms with E-state index in [1.165, 1.54) is 27.6 Å². The first-order valence-electron chi connectivity index (χ1n) is 11.3. The second-order valence-electron chi connectivity index (χ2n) is 8.35. The van der Waals surface area contributed by atoms with E-state index in [9.17, 15) is 14.7 Å². The molecule has 4 aromatic rings. The molecule has 1 unspecified atom stereocenters. The van der Waals surface area contributed by atoms with Crippen molar-refractivity contribution in [2.24, 2.45) is 0 Å². The fourth-order valence-corrected chi connectivity index (χ4v) is 6.34. The van der Waals surface area contributed by atoms with Crippen molar-refractivity contribution in [3.63, 3.8) is 0 Å². The van der Waals surface area contributed by atoms with Gasteiger partial charge in [0.1, 0.15) is 5.75 Å². The number of fused-ring (bicyclic) bond motifs is 1. The van der Waals surface area contributed by atoms with E-state index in [2.05, 4.69) is 9.97 Å². The molecule has 0 radical (unpaired) electrons. The Balaban J connectivity index is 1.67. The number of amides is 1. The van der Waals surface area contributed by atoms with E-state index in [4.69, 9.17) is 16.3 Å². The molecule has 5 rings (SSSR count). The van der Waals surface area contributed by atoms with Gasteiger partial charge in [-0.2, -0.15) is 0 Å². The van der Waals surface area contributed by atoms with Gasteiger partial charge in [0.2, 0.25) is 5.78 Å². The Morgan fingerprint density at radius 2 is 1.97 bits per heavy atom. The first-order valence-corrected chi connectivity index (χ1v) is 13.3. The lowest BCUT2D eigenvalue weighted by Crippen LogP contribution is -2.31. The molecule has 1 N–H and O–H groups in total. The van der Waals surface area contributed by atoms with Gasteiger partial charge in [0.25, 0.3) is 5.91 Å². The molecule has 0 saturated carbocycles. The topological polar surface area (TPSA) is 92.6 Å². The fraction of sp³-hybridized carbons (Fsp3) is 0.231. The number of aromatic nitrogens is 2. The fourth-order valence-electron chi connectivity index (χ4n) is 4.20. The van der Waals surface area contributed by atoms with E-state index < -0.39 is 23.5 Å². The molecule has 1 aliphatic heterocycles. The monoisotopic (exact) mass is 539 g/mol. The molecule has 10 heteroatoms. The number of hydrogen-bond acceptors (Lipinski definition) is 8. The van der Waals surface area contributed by atoms with Crippen molar-refractivity contribution >= 4 is 61.3 Å². The zero-order valence-electron chi connectivity index (χ0n) is 19.7. The van der Waals surface area contributed by atoms with Gasteiger partial charge in [-0.3, -0.25) is 14.5 Å². The predicted octanol–water partition coefficient (Wildman–Crippen LogP) is 6.59. The summed E-state index contributed by atoms with van der Waals surface area (Å²) < 4.78 is 6.60. The number of aliphatic hydroxyl groups is 1. The Bertz CT molecular complexity index is 1540. The van der Waals surface area contributed by atoms with Crippen LogP contribution < -0.4 is 9.64 Å². The SMILES string of the molecule is CCCOc1cccc(C2C(C(=O)c3sc(C)nc3C)=C(O)C(=O)N2c2nc3ccc(Cl)cc3s2)c1. The Morgan fingerprint density at radius 3 is 2.69 bits per heavy atom. The van der Waals surface area contributed by atoms with Crippen molar-refractivity contribution in [2.75, 3.05) is 11.5 Å². The number of thiazole rings is 2. The number of nitrogens with zero attached hydrogens (tertiary/aromatic N) is 3. The largest absolute Gasteiger partial charge is 0.503 e. The van der Waals surface area contributed by atoms with Gasteiger partial charge < -0.3 is 9.84 Å². The van der Waals surface area contributed by atoms with Crippen LogP contribution in [-0.4, -0.2) is 33.4 Å². The summed E-state index contributed by atoms with van der Waals surface area (Å²) in [5.74, 6) is -1.10. The number of Topliss-reactive ketones (excluding diaryl/α,β-unsaturated/α-hetero) is 1. The van der Waals surface area contributed by atoms with Gasteiger partial charge in [-0.15, -0.1) is 11.3 Å². The van der Waals surface area contributed by atoms with E-state index in [0.29, 0.717) is 44.2 Å². The third kappa shape index (κ3) is 4.27. The molecule has 1 atom stereocenters. The van der Waals surface area contributed by atoms with Gasteiger partial charge in [0.05, 0.1) is 44.0 Å². The Kier molecular flexibility index (Phi) is 6.55. The summed E-state index contributed by atoms with van der Waals surface area (Å²) in [7, 11) is 0. The van der Waals surface area contributed by atoms with Crippen molar-refractivity contribution in [1.82, 2.24) is 9.97 Å². The molecule has 1 aliphatic rings. The lowest BCUT2D eigenvalue weighted by atomic mass is 9.95. The van der Waals surface area contributed by atoms with Crippen LogP contribution in [0.1, 0.15) is 45.3 Å². The summed E-state index contributed by atoms with van der Waals surface area (Å²) in [6.45, 7) is 6.10. The molecule has 0 spiro atoms. The van der Waals surface area contributed by atoms with Crippen molar-refractivity contribution in [3.8, 4) is 5.75 Å². The van der Waals surface area contributed by atoms with Gasteiger partial charge in [-0.1, -0.05) is 42.0 Å². The van der Waals surface area contributed by atoms with Crippen LogP contribution in [0.4, 0.5) is 5.13 Å². The molecule has 0 bridgehead atoms. The molecule has 0 fully saturated rings. The highest BCUT2D eigenvalue weighted by Gasteiger charge is 2.46. The summed E-state index contributed by atoms with van der Waals surface area (Å²) in [5, 5.41) is 12.7. The van der Waals surface area contributed by atoms with Gasteiger partial charge in [0, 0.05) is 5.02 Å². The molecule has 7 nitrogen and oxygen atoms in total. The maximum Gasteiger partial charge on any atom is 0.296 e. The lowest BCUT2D eigenvalue weighted by Gasteiger charge is -2.24. The van der Waals surface area contributed by atoms with Crippen LogP contribution in [0.3, 0.4) is 0 Å². The summed E-state index contributed by atoms with van der Waals surface area (Å²) in [5.41, 5.74) is 1.85. The molecular formula is C26H22ClN3O4S2. The van der Waals surface area contributed by atoms with E-state index in [0.717, 1.165) is 16.1 Å². The highest BCUT2D eigenvalue weighted by Crippen LogP contribution is 2.45. The highest BCUT2D eigenvalue weighted by molar-refractivity contribution is 7.22. The number of carbonyl (C=O) groups excluding carboxylic acids is 2. The molecule has 0 saturated heterocycles. The van der Waals surface area contributed by atoms with Crippen LogP contribution >= 0.6 is 34.3 Å². The minimum Gasteiger partial charge on any atom is -0.503 e. The average Bonchev–Trinajstić information content (AvgIpc) is 3.50. The number of aryl methyl sites for hydroxylation is 2. The second kappa shape index (κ2) is 9.65. The van der Waals surface area contributed by atoms with E-state index in [-0.39, 0.29) is 5.57 Å². The standard InChI is InChI=1S/C26H22ClN3O4S2/c1-4-10-34-17-7-5-6-15(11-17)21-20(22(31)24-13(2)28-14(3)35-24)23(32)25(33)30(21)26-29-18-9-8-16(27)12-19(18)36-26/h5-9,11-12,21,32H,4,10H2,1-3H3. The van der Waals surface area contributed by atoms with Crippen LogP contribution in [0.5, 0.6) is 5.75 Å². The van der Waals surface area contributed by atoms with Crippen molar-refractivity contribution in [3.05, 3.63) is 80.0 Å². The lowest BCUT2D eigenvalue weighted by molar-refractivity contribution is -0.117. The average molecular weight is 540 g/mol. The minimum atomic E-state index is -0.895. The molecule has 0 aliphatic carbocycles. The normalized spacial score (nSPS) is 15.8. The molecule has 1 amide bonds. The number of carbonyl (C=O) groups is 2. The zero-order valence-corrected chi connectivity index (χ0v) is 22.1. The van der Waals surface area contributed by atoms with Crippen LogP contribution in [-0.2, 0) is 4.79 Å². The molecule has 184 valence electrons. The number of aliphatic hydroxyl groups excluding tert-OH is 1.